The highest BCUT2D eigenvalue weighted by molar-refractivity contribution is 5.91. The maximum absolute atomic E-state index is 11.2. The topological polar surface area (TPSA) is 59.7 Å². The molecule has 1 heterocycles. The van der Waals surface area contributed by atoms with Gasteiger partial charge in [-0.1, -0.05) is 0 Å². The van der Waals surface area contributed by atoms with E-state index in [9.17, 15) is 9.90 Å². The van der Waals surface area contributed by atoms with Crippen LogP contribution in [0.5, 0.6) is 5.75 Å². The number of methoxy groups -OCH3 is 1. The molecule has 0 aliphatic heterocycles. The molecule has 0 fully saturated rings. The van der Waals surface area contributed by atoms with Gasteiger partial charge in [-0.15, -0.1) is 0 Å². The molecular formula is C13H14O4. The predicted molar refractivity (Wildman–Crippen MR) is 63.4 cm³/mol. The van der Waals surface area contributed by atoms with Gasteiger partial charge >= 0.3 is 5.97 Å². The lowest BCUT2D eigenvalue weighted by molar-refractivity contribution is -0.142. The fourth-order valence-electron chi connectivity index (χ4n) is 1.73. The Morgan fingerprint density at radius 3 is 2.71 bits per heavy atom. The van der Waals surface area contributed by atoms with Crippen LogP contribution in [-0.4, -0.2) is 18.2 Å². The highest BCUT2D eigenvalue weighted by Gasteiger charge is 2.32. The third kappa shape index (κ3) is 1.75. The molecule has 0 saturated heterocycles. The van der Waals surface area contributed by atoms with E-state index in [4.69, 9.17) is 9.15 Å². The molecule has 2 rings (SSSR count). The maximum atomic E-state index is 11.2. The van der Waals surface area contributed by atoms with E-state index in [0.29, 0.717) is 16.9 Å². The molecule has 0 unspecified atom stereocenters. The molecule has 0 radical (unpaired) electrons. The van der Waals surface area contributed by atoms with Gasteiger partial charge in [-0.25, -0.2) is 0 Å². The van der Waals surface area contributed by atoms with Crippen molar-refractivity contribution in [1.29, 1.82) is 0 Å². The Kier molecular flexibility index (Phi) is 2.58. The van der Waals surface area contributed by atoms with E-state index >= 15 is 0 Å². The Hall–Kier alpha value is -1.97. The minimum atomic E-state index is -0.988. The summed E-state index contributed by atoms with van der Waals surface area (Å²) in [6, 6.07) is 5.35. The van der Waals surface area contributed by atoms with Gasteiger partial charge in [-0.3, -0.25) is 4.79 Å². The number of carboxylic acid groups (broad SMARTS) is 1. The Labute approximate surface area is 98.8 Å². The van der Waals surface area contributed by atoms with Crippen LogP contribution < -0.4 is 4.74 Å². The van der Waals surface area contributed by atoms with Crippen molar-refractivity contribution >= 4 is 16.9 Å². The van der Waals surface area contributed by atoms with Crippen molar-refractivity contribution < 1.29 is 19.1 Å². The Balaban J connectivity index is 2.66. The van der Waals surface area contributed by atoms with E-state index in [-0.39, 0.29) is 0 Å². The van der Waals surface area contributed by atoms with Crippen molar-refractivity contribution in [2.24, 2.45) is 0 Å². The van der Waals surface area contributed by atoms with Crippen LogP contribution in [0.1, 0.15) is 19.4 Å². The number of carbonyl (C=O) groups is 1. The van der Waals surface area contributed by atoms with E-state index in [1.165, 1.54) is 6.26 Å². The largest absolute Gasteiger partial charge is 0.497 e. The zero-order valence-electron chi connectivity index (χ0n) is 9.98. The molecule has 0 saturated carbocycles. The van der Waals surface area contributed by atoms with Gasteiger partial charge in [-0.2, -0.15) is 0 Å². The van der Waals surface area contributed by atoms with Crippen LogP contribution in [0.25, 0.3) is 11.0 Å². The number of aliphatic carboxylic acids is 1. The van der Waals surface area contributed by atoms with Gasteiger partial charge in [0.25, 0.3) is 0 Å². The lowest BCUT2D eigenvalue weighted by Gasteiger charge is -2.17. The highest BCUT2D eigenvalue weighted by Crippen LogP contribution is 2.34. The van der Waals surface area contributed by atoms with Crippen LogP contribution in [0.3, 0.4) is 0 Å². The van der Waals surface area contributed by atoms with Crippen LogP contribution in [0.15, 0.2) is 28.9 Å². The Bertz CT molecular complexity index is 566. The van der Waals surface area contributed by atoms with E-state index in [1.807, 2.05) is 0 Å². The summed E-state index contributed by atoms with van der Waals surface area (Å²) in [5.74, 6) is -0.204. The van der Waals surface area contributed by atoms with Crippen molar-refractivity contribution in [2.75, 3.05) is 7.11 Å². The molecule has 90 valence electrons. The summed E-state index contributed by atoms with van der Waals surface area (Å²) < 4.78 is 10.5. The minimum Gasteiger partial charge on any atom is -0.497 e. The number of benzene rings is 1. The summed E-state index contributed by atoms with van der Waals surface area (Å²) in [5.41, 5.74) is 0.325. The number of ether oxygens (including phenoxy) is 1. The second-order valence-corrected chi connectivity index (χ2v) is 4.44. The van der Waals surface area contributed by atoms with E-state index in [2.05, 4.69) is 0 Å². The van der Waals surface area contributed by atoms with Crippen LogP contribution in [0, 0.1) is 0 Å². The first-order valence-corrected chi connectivity index (χ1v) is 5.26. The summed E-state index contributed by atoms with van der Waals surface area (Å²) in [6.45, 7) is 3.30. The second kappa shape index (κ2) is 3.80. The van der Waals surface area contributed by atoms with Crippen LogP contribution >= 0.6 is 0 Å². The standard InChI is InChI=1S/C13H14O4/c1-13(2,12(14)15)10-7-17-11-5-4-8(16-3)6-9(10)11/h4-7H,1-3H3,(H,14,15). The molecule has 4 nitrogen and oxygen atoms in total. The molecule has 0 aliphatic carbocycles. The molecule has 0 amide bonds. The fourth-order valence-corrected chi connectivity index (χ4v) is 1.73. The molecule has 0 bridgehead atoms. The highest BCUT2D eigenvalue weighted by atomic mass is 16.5. The number of hydrogen-bond acceptors (Lipinski definition) is 3. The van der Waals surface area contributed by atoms with E-state index in [1.54, 1.807) is 39.2 Å². The number of furan rings is 1. The second-order valence-electron chi connectivity index (χ2n) is 4.44. The monoisotopic (exact) mass is 234 g/mol. The van der Waals surface area contributed by atoms with Gasteiger partial charge in [-0.05, 0) is 32.0 Å². The number of fused-ring (bicyclic) bond motifs is 1. The molecule has 1 N–H and O–H groups in total. The first-order valence-electron chi connectivity index (χ1n) is 5.26. The van der Waals surface area contributed by atoms with E-state index in [0.717, 1.165) is 5.39 Å². The minimum absolute atomic E-state index is 0.652. The first-order chi connectivity index (χ1) is 7.96. The van der Waals surface area contributed by atoms with Gasteiger partial charge < -0.3 is 14.3 Å². The van der Waals surface area contributed by atoms with Crippen LogP contribution in [0.4, 0.5) is 0 Å². The van der Waals surface area contributed by atoms with Crippen molar-refractivity contribution in [3.8, 4) is 5.75 Å². The predicted octanol–water partition coefficient (Wildman–Crippen LogP) is 2.80. The van der Waals surface area contributed by atoms with Crippen molar-refractivity contribution in [1.82, 2.24) is 0 Å². The van der Waals surface area contributed by atoms with Crippen molar-refractivity contribution in [3.63, 3.8) is 0 Å². The molecule has 0 aliphatic rings. The summed E-state index contributed by atoms with van der Waals surface area (Å²) in [5, 5.41) is 10.0. The summed E-state index contributed by atoms with van der Waals surface area (Å²) in [6.07, 6.45) is 1.50. The van der Waals surface area contributed by atoms with Gasteiger partial charge in [0.2, 0.25) is 0 Å². The smallest absolute Gasteiger partial charge is 0.313 e. The normalized spacial score (nSPS) is 11.7. The van der Waals surface area contributed by atoms with Crippen LogP contribution in [-0.2, 0) is 10.2 Å². The maximum Gasteiger partial charge on any atom is 0.313 e. The molecule has 1 aromatic carbocycles. The fraction of sp³-hybridized carbons (Fsp3) is 0.308. The zero-order valence-corrected chi connectivity index (χ0v) is 9.98. The Morgan fingerprint density at radius 1 is 1.41 bits per heavy atom. The Morgan fingerprint density at radius 2 is 2.12 bits per heavy atom. The third-order valence-electron chi connectivity index (χ3n) is 2.99. The lowest BCUT2D eigenvalue weighted by Crippen LogP contribution is -2.28. The van der Waals surface area contributed by atoms with Gasteiger partial charge in [0.1, 0.15) is 11.3 Å². The van der Waals surface area contributed by atoms with Crippen molar-refractivity contribution in [2.45, 2.75) is 19.3 Å². The SMILES string of the molecule is COc1ccc2occ(C(C)(C)C(=O)O)c2c1. The van der Waals surface area contributed by atoms with Gasteiger partial charge in [0, 0.05) is 10.9 Å². The number of hydrogen-bond donors (Lipinski definition) is 1. The number of carboxylic acids is 1. The molecular weight excluding hydrogens is 220 g/mol. The molecule has 1 aromatic heterocycles. The van der Waals surface area contributed by atoms with Crippen LogP contribution in [0.2, 0.25) is 0 Å². The third-order valence-corrected chi connectivity index (χ3v) is 2.99. The average Bonchev–Trinajstić information content (AvgIpc) is 2.71. The summed E-state index contributed by atoms with van der Waals surface area (Å²) >= 11 is 0. The molecule has 4 heteroatoms. The van der Waals surface area contributed by atoms with Gasteiger partial charge in [0.15, 0.2) is 0 Å². The lowest BCUT2D eigenvalue weighted by atomic mass is 9.84. The van der Waals surface area contributed by atoms with Gasteiger partial charge in [0.05, 0.1) is 18.8 Å². The van der Waals surface area contributed by atoms with Crippen molar-refractivity contribution in [3.05, 3.63) is 30.0 Å². The zero-order chi connectivity index (χ0) is 12.6. The first kappa shape index (κ1) is 11.5. The molecule has 17 heavy (non-hydrogen) atoms. The average molecular weight is 234 g/mol. The van der Waals surface area contributed by atoms with E-state index < -0.39 is 11.4 Å². The quantitative estimate of drug-likeness (QED) is 0.887. The summed E-state index contributed by atoms with van der Waals surface area (Å²) in [4.78, 5) is 11.2. The molecule has 0 atom stereocenters. The molecule has 2 aromatic rings. The summed E-state index contributed by atoms with van der Waals surface area (Å²) in [7, 11) is 1.57. The molecule has 0 spiro atoms. The number of rotatable bonds is 3.